The van der Waals surface area contributed by atoms with Crippen molar-refractivity contribution in [1.82, 2.24) is 9.88 Å². The van der Waals surface area contributed by atoms with Gasteiger partial charge in [0.2, 0.25) is 0 Å². The van der Waals surface area contributed by atoms with Crippen molar-refractivity contribution in [3.63, 3.8) is 0 Å². The van der Waals surface area contributed by atoms with Gasteiger partial charge in [-0.3, -0.25) is 4.79 Å². The Kier molecular flexibility index (Phi) is 6.11. The van der Waals surface area contributed by atoms with Crippen LogP contribution >= 0.6 is 11.3 Å². The van der Waals surface area contributed by atoms with E-state index in [-0.39, 0.29) is 23.5 Å². The highest BCUT2D eigenvalue weighted by molar-refractivity contribution is 7.18. The zero-order valence-corrected chi connectivity index (χ0v) is 17.6. The van der Waals surface area contributed by atoms with E-state index in [0.29, 0.717) is 34.3 Å². The molecule has 1 saturated heterocycles. The molecule has 1 fully saturated rings. The van der Waals surface area contributed by atoms with E-state index < -0.39 is 0 Å². The van der Waals surface area contributed by atoms with Crippen LogP contribution in [0.2, 0.25) is 0 Å². The van der Waals surface area contributed by atoms with Gasteiger partial charge in [-0.25, -0.2) is 9.37 Å². The van der Waals surface area contributed by atoms with Crippen LogP contribution in [0, 0.1) is 5.82 Å². The number of hydrogen-bond acceptors (Lipinski definition) is 5. The van der Waals surface area contributed by atoms with Crippen molar-refractivity contribution in [3.05, 3.63) is 60.0 Å². The van der Waals surface area contributed by atoms with Gasteiger partial charge in [-0.2, -0.15) is 0 Å². The number of halogens is 1. The Morgan fingerprint density at radius 3 is 2.87 bits per heavy atom. The molecule has 2 N–H and O–H groups in total. The fourth-order valence-corrected chi connectivity index (χ4v) is 4.90. The molecular weight excluding hydrogens is 401 g/mol. The molecular formula is C23H24FN3O2S. The van der Waals surface area contributed by atoms with Gasteiger partial charge >= 0.3 is 0 Å². The largest absolute Gasteiger partial charge is 0.497 e. The molecule has 0 saturated carbocycles. The van der Waals surface area contributed by atoms with Crippen molar-refractivity contribution < 1.29 is 13.9 Å². The van der Waals surface area contributed by atoms with Crippen molar-refractivity contribution in [3.8, 4) is 26.8 Å². The summed E-state index contributed by atoms with van der Waals surface area (Å²) in [6, 6.07) is 14.0. The van der Waals surface area contributed by atoms with Crippen LogP contribution in [0.15, 0.2) is 48.5 Å². The molecule has 3 aromatic rings. The average Bonchev–Trinajstić information content (AvgIpc) is 3.24. The molecule has 1 aromatic heterocycles. The number of benzene rings is 2. The molecule has 0 bridgehead atoms. The molecule has 7 heteroatoms. The number of carbonyl (C=O) groups is 1. The molecule has 1 aliphatic rings. The topological polar surface area (TPSA) is 68.5 Å². The van der Waals surface area contributed by atoms with Gasteiger partial charge in [0.15, 0.2) is 0 Å². The van der Waals surface area contributed by atoms with Crippen LogP contribution in [0.25, 0.3) is 21.0 Å². The van der Waals surface area contributed by atoms with E-state index in [1.165, 1.54) is 17.4 Å². The first-order valence-electron chi connectivity index (χ1n) is 10.0. The number of aromatic nitrogens is 1. The summed E-state index contributed by atoms with van der Waals surface area (Å²) >= 11 is 1.31. The molecule has 1 amide bonds. The van der Waals surface area contributed by atoms with Gasteiger partial charge < -0.3 is 15.4 Å². The minimum Gasteiger partial charge on any atom is -0.497 e. The number of nitrogens with zero attached hydrogens (tertiary/aromatic N) is 2. The molecule has 1 atom stereocenters. The second-order valence-corrected chi connectivity index (χ2v) is 8.29. The minimum absolute atomic E-state index is 0.0123. The molecule has 30 heavy (non-hydrogen) atoms. The number of piperidine rings is 1. The first-order valence-corrected chi connectivity index (χ1v) is 10.8. The lowest BCUT2D eigenvalue weighted by Gasteiger charge is -2.34. The lowest BCUT2D eigenvalue weighted by Crippen LogP contribution is -2.47. The van der Waals surface area contributed by atoms with Crippen molar-refractivity contribution in [2.75, 3.05) is 20.2 Å². The number of thiazole rings is 1. The lowest BCUT2D eigenvalue weighted by atomic mass is 10.0. The summed E-state index contributed by atoms with van der Waals surface area (Å²) < 4.78 is 20.0. The highest BCUT2D eigenvalue weighted by atomic mass is 32.1. The van der Waals surface area contributed by atoms with Gasteiger partial charge in [0.1, 0.15) is 22.3 Å². The van der Waals surface area contributed by atoms with Crippen LogP contribution in [0.4, 0.5) is 4.39 Å². The van der Waals surface area contributed by atoms with Crippen molar-refractivity contribution in [2.24, 2.45) is 5.73 Å². The van der Waals surface area contributed by atoms with Gasteiger partial charge in [-0.1, -0.05) is 30.3 Å². The molecule has 0 aliphatic carbocycles. The Labute approximate surface area is 179 Å². The Morgan fingerprint density at radius 1 is 1.27 bits per heavy atom. The predicted octanol–water partition coefficient (Wildman–Crippen LogP) is 4.58. The van der Waals surface area contributed by atoms with Gasteiger partial charge in [0, 0.05) is 30.3 Å². The van der Waals surface area contributed by atoms with E-state index in [0.717, 1.165) is 24.8 Å². The smallest absolute Gasteiger partial charge is 0.274 e. The Morgan fingerprint density at radius 2 is 2.10 bits per heavy atom. The lowest BCUT2D eigenvalue weighted by molar-refractivity contribution is 0.0619. The third-order valence-electron chi connectivity index (χ3n) is 5.42. The number of likely N-dealkylation sites (tertiary alicyclic amines) is 1. The monoisotopic (exact) mass is 425 g/mol. The summed E-state index contributed by atoms with van der Waals surface area (Å²) in [4.78, 5) is 20.5. The fourth-order valence-electron chi connectivity index (χ4n) is 3.82. The molecule has 0 spiro atoms. The Hall–Kier alpha value is -2.77. The highest BCUT2D eigenvalue weighted by Crippen LogP contribution is 2.38. The van der Waals surface area contributed by atoms with E-state index in [9.17, 15) is 9.18 Å². The first kappa shape index (κ1) is 20.5. The second kappa shape index (κ2) is 8.93. The molecule has 4 rings (SSSR count). The number of rotatable bonds is 5. The van der Waals surface area contributed by atoms with Gasteiger partial charge in [-0.05, 0) is 37.5 Å². The zero-order valence-electron chi connectivity index (χ0n) is 16.8. The number of amides is 1. The van der Waals surface area contributed by atoms with Crippen LogP contribution in [-0.4, -0.2) is 42.0 Å². The summed E-state index contributed by atoms with van der Waals surface area (Å²) in [6.45, 7) is 1.05. The molecule has 1 aliphatic heterocycles. The molecule has 156 valence electrons. The summed E-state index contributed by atoms with van der Waals surface area (Å²) in [6.07, 6.45) is 2.87. The van der Waals surface area contributed by atoms with Crippen molar-refractivity contribution >= 4 is 17.2 Å². The van der Waals surface area contributed by atoms with Crippen LogP contribution in [-0.2, 0) is 0 Å². The van der Waals surface area contributed by atoms with E-state index in [2.05, 4.69) is 4.98 Å². The predicted molar refractivity (Wildman–Crippen MR) is 117 cm³/mol. The normalized spacial score (nSPS) is 16.5. The van der Waals surface area contributed by atoms with Gasteiger partial charge in [0.25, 0.3) is 5.91 Å². The van der Waals surface area contributed by atoms with Crippen LogP contribution in [0.5, 0.6) is 5.75 Å². The molecule has 5 nitrogen and oxygen atoms in total. The van der Waals surface area contributed by atoms with E-state index >= 15 is 0 Å². The fraction of sp³-hybridized carbons (Fsp3) is 0.304. The number of hydrogen-bond donors (Lipinski definition) is 1. The van der Waals surface area contributed by atoms with Crippen LogP contribution < -0.4 is 10.5 Å². The van der Waals surface area contributed by atoms with Crippen molar-refractivity contribution in [2.45, 2.75) is 25.3 Å². The van der Waals surface area contributed by atoms with Crippen LogP contribution in [0.3, 0.4) is 0 Å². The van der Waals surface area contributed by atoms with E-state index in [1.54, 1.807) is 30.2 Å². The average molecular weight is 426 g/mol. The standard InChI is InChI=1S/C23H24FN3O2S/c1-29-17-9-6-7-15(13-17)22-26-20(21(30-22)18-10-2-3-11-19(18)24)23(28)27-12-5-4-8-16(27)14-25/h2-3,6-7,9-11,13,16H,4-5,8,12,14,25H2,1H3. The maximum Gasteiger partial charge on any atom is 0.274 e. The SMILES string of the molecule is COc1cccc(-c2nc(C(=O)N3CCCCC3CN)c(-c3ccccc3F)s2)c1. The van der Waals surface area contributed by atoms with Crippen LogP contribution in [0.1, 0.15) is 29.8 Å². The second-order valence-electron chi connectivity index (χ2n) is 7.29. The molecule has 1 unspecified atom stereocenters. The van der Waals surface area contributed by atoms with E-state index in [4.69, 9.17) is 10.5 Å². The maximum atomic E-state index is 14.6. The maximum absolute atomic E-state index is 14.6. The quantitative estimate of drug-likeness (QED) is 0.650. The summed E-state index contributed by atoms with van der Waals surface area (Å²) in [5.74, 6) is 0.137. The first-order chi connectivity index (χ1) is 14.6. The van der Waals surface area contributed by atoms with E-state index in [1.807, 2.05) is 24.3 Å². The third-order valence-corrected chi connectivity index (χ3v) is 6.56. The van der Waals surface area contributed by atoms with Gasteiger partial charge in [-0.15, -0.1) is 11.3 Å². The summed E-state index contributed by atoms with van der Waals surface area (Å²) in [7, 11) is 1.60. The summed E-state index contributed by atoms with van der Waals surface area (Å²) in [5.41, 5.74) is 7.41. The highest BCUT2D eigenvalue weighted by Gasteiger charge is 2.31. The third kappa shape index (κ3) is 3.95. The number of nitrogens with two attached hydrogens (primary N) is 1. The summed E-state index contributed by atoms with van der Waals surface area (Å²) in [5, 5.41) is 0.650. The number of methoxy groups -OCH3 is 1. The number of ether oxygens (including phenoxy) is 1. The molecule has 0 radical (unpaired) electrons. The van der Waals surface area contributed by atoms with Crippen molar-refractivity contribution in [1.29, 1.82) is 0 Å². The Balaban J connectivity index is 1.82. The van der Waals surface area contributed by atoms with Gasteiger partial charge in [0.05, 0.1) is 12.0 Å². The minimum atomic E-state index is -0.374. The molecule has 2 heterocycles. The Bertz CT molecular complexity index is 1050. The number of carbonyl (C=O) groups excluding carboxylic acids is 1. The molecule has 2 aromatic carbocycles. The zero-order chi connectivity index (χ0) is 21.1.